The highest BCUT2D eigenvalue weighted by molar-refractivity contribution is 5.54. The lowest BCUT2D eigenvalue weighted by atomic mass is 9.83. The van der Waals surface area contributed by atoms with Crippen LogP contribution in [0, 0.1) is 5.92 Å². The van der Waals surface area contributed by atoms with E-state index in [4.69, 9.17) is 0 Å². The van der Waals surface area contributed by atoms with Crippen molar-refractivity contribution in [3.05, 3.63) is 41.0 Å². The van der Waals surface area contributed by atoms with Gasteiger partial charge in [0.15, 0.2) is 0 Å². The molecule has 1 N–H and O–H groups in total. The normalized spacial score (nSPS) is 21.1. The summed E-state index contributed by atoms with van der Waals surface area (Å²) in [6.07, 6.45) is 12.2. The molecule has 0 spiro atoms. The second-order valence-corrected chi connectivity index (χ2v) is 6.53. The van der Waals surface area contributed by atoms with Gasteiger partial charge in [-0.2, -0.15) is 0 Å². The van der Waals surface area contributed by atoms with Crippen molar-refractivity contribution in [2.45, 2.75) is 50.9 Å². The third-order valence-electron chi connectivity index (χ3n) is 4.85. The van der Waals surface area contributed by atoms with Gasteiger partial charge in [-0.05, 0) is 55.7 Å². The molecule has 0 bridgehead atoms. The van der Waals surface area contributed by atoms with Gasteiger partial charge in [0.05, 0.1) is 0 Å². The highest BCUT2D eigenvalue weighted by Gasteiger charge is 2.23. The van der Waals surface area contributed by atoms with Gasteiger partial charge in [0.2, 0.25) is 0 Å². The van der Waals surface area contributed by atoms with Crippen LogP contribution in [0.5, 0.6) is 0 Å². The number of rotatable bonds is 5. The number of likely N-dealkylation sites (N-methyl/N-ethyl adjacent to an activating group) is 1. The fraction of sp³-hybridized carbons (Fsp3) is 0.579. The van der Waals surface area contributed by atoms with Crippen LogP contribution in [0.2, 0.25) is 0 Å². The summed E-state index contributed by atoms with van der Waals surface area (Å²) < 4.78 is 0. The molecule has 1 nitrogen and oxygen atoms in total. The van der Waals surface area contributed by atoms with E-state index in [1.54, 1.807) is 5.57 Å². The van der Waals surface area contributed by atoms with Crippen molar-refractivity contribution in [3.63, 3.8) is 0 Å². The van der Waals surface area contributed by atoms with Crippen LogP contribution in [0.15, 0.2) is 29.8 Å². The Kier molecular flexibility index (Phi) is 4.57. The monoisotopic (exact) mass is 269 g/mol. The van der Waals surface area contributed by atoms with E-state index >= 15 is 0 Å². The fourth-order valence-electron chi connectivity index (χ4n) is 3.49. The Bertz CT molecular complexity index is 447. The van der Waals surface area contributed by atoms with E-state index in [9.17, 15) is 0 Å². The van der Waals surface area contributed by atoms with E-state index in [-0.39, 0.29) is 0 Å². The molecule has 1 heteroatoms. The lowest BCUT2D eigenvalue weighted by Crippen LogP contribution is -2.19. The van der Waals surface area contributed by atoms with Gasteiger partial charge < -0.3 is 5.32 Å². The molecule has 2 fully saturated rings. The SMILES string of the molecule is CNC/C(=C/c1ccc(C2CC2)cc1)C1CCCCC1. The third-order valence-corrected chi connectivity index (χ3v) is 4.85. The Balaban J connectivity index is 1.74. The first-order chi connectivity index (χ1) is 9.86. The summed E-state index contributed by atoms with van der Waals surface area (Å²) in [7, 11) is 2.06. The summed E-state index contributed by atoms with van der Waals surface area (Å²) in [6, 6.07) is 9.29. The van der Waals surface area contributed by atoms with Gasteiger partial charge in [0, 0.05) is 6.54 Å². The zero-order chi connectivity index (χ0) is 13.8. The second kappa shape index (κ2) is 6.58. The van der Waals surface area contributed by atoms with Gasteiger partial charge >= 0.3 is 0 Å². The third kappa shape index (κ3) is 3.52. The fourth-order valence-corrected chi connectivity index (χ4v) is 3.49. The predicted molar refractivity (Wildman–Crippen MR) is 86.9 cm³/mol. The van der Waals surface area contributed by atoms with E-state index in [0.717, 1.165) is 18.4 Å². The maximum atomic E-state index is 3.36. The van der Waals surface area contributed by atoms with Crippen LogP contribution < -0.4 is 5.32 Å². The van der Waals surface area contributed by atoms with Crippen LogP contribution in [-0.2, 0) is 0 Å². The quantitative estimate of drug-likeness (QED) is 0.813. The van der Waals surface area contributed by atoms with Crippen molar-refractivity contribution in [2.24, 2.45) is 5.92 Å². The van der Waals surface area contributed by atoms with E-state index < -0.39 is 0 Å². The van der Waals surface area contributed by atoms with E-state index in [1.165, 1.54) is 56.1 Å². The summed E-state index contributed by atoms with van der Waals surface area (Å²) in [5.74, 6) is 1.67. The molecule has 108 valence electrons. The topological polar surface area (TPSA) is 12.0 Å². The standard InChI is InChI=1S/C19H27N/c1-20-14-19(16-5-3-2-4-6-16)13-15-7-9-17(10-8-15)18-11-12-18/h7-10,13,16,18,20H,2-6,11-12,14H2,1H3/b19-13-. The first-order valence-corrected chi connectivity index (χ1v) is 8.32. The zero-order valence-corrected chi connectivity index (χ0v) is 12.7. The van der Waals surface area contributed by atoms with Gasteiger partial charge in [0.25, 0.3) is 0 Å². The predicted octanol–water partition coefficient (Wildman–Crippen LogP) is 4.75. The summed E-state index contributed by atoms with van der Waals surface area (Å²) >= 11 is 0. The maximum Gasteiger partial charge on any atom is 0.0167 e. The Labute approximate surface area is 123 Å². The maximum absolute atomic E-state index is 3.36. The Hall–Kier alpha value is -1.08. The first kappa shape index (κ1) is 13.9. The number of hydrogen-bond donors (Lipinski definition) is 1. The van der Waals surface area contributed by atoms with Gasteiger partial charge in [-0.1, -0.05) is 55.2 Å². The molecule has 0 aliphatic heterocycles. The average Bonchev–Trinajstić information content (AvgIpc) is 3.33. The van der Waals surface area contributed by atoms with Crippen molar-refractivity contribution in [3.8, 4) is 0 Å². The molecule has 0 heterocycles. The minimum absolute atomic E-state index is 0.805. The van der Waals surface area contributed by atoms with Crippen LogP contribution in [-0.4, -0.2) is 13.6 Å². The zero-order valence-electron chi connectivity index (χ0n) is 12.7. The molecule has 2 aliphatic carbocycles. The lowest BCUT2D eigenvalue weighted by Gasteiger charge is -2.24. The van der Waals surface area contributed by atoms with Crippen LogP contribution in [0.4, 0.5) is 0 Å². The van der Waals surface area contributed by atoms with Gasteiger partial charge in [-0.25, -0.2) is 0 Å². The number of hydrogen-bond acceptors (Lipinski definition) is 1. The molecule has 0 amide bonds. The van der Waals surface area contributed by atoms with Gasteiger partial charge in [-0.3, -0.25) is 0 Å². The molecule has 0 radical (unpaired) electrons. The van der Waals surface area contributed by atoms with Crippen molar-refractivity contribution in [2.75, 3.05) is 13.6 Å². The molecule has 2 aliphatic rings. The molecule has 0 atom stereocenters. The van der Waals surface area contributed by atoms with Gasteiger partial charge in [0.1, 0.15) is 0 Å². The number of benzene rings is 1. The molecule has 1 aromatic carbocycles. The molecule has 2 saturated carbocycles. The molecular formula is C19H27N. The molecular weight excluding hydrogens is 242 g/mol. The smallest absolute Gasteiger partial charge is 0.0167 e. The Morgan fingerprint density at radius 1 is 1.05 bits per heavy atom. The van der Waals surface area contributed by atoms with Crippen molar-refractivity contribution >= 4 is 6.08 Å². The highest BCUT2D eigenvalue weighted by atomic mass is 14.8. The minimum atomic E-state index is 0.805. The van der Waals surface area contributed by atoms with E-state index in [2.05, 4.69) is 42.7 Å². The van der Waals surface area contributed by atoms with E-state index in [0.29, 0.717) is 0 Å². The average molecular weight is 269 g/mol. The summed E-state index contributed by atoms with van der Waals surface area (Å²) in [6.45, 7) is 1.04. The van der Waals surface area contributed by atoms with Crippen LogP contribution in [0.3, 0.4) is 0 Å². The molecule has 20 heavy (non-hydrogen) atoms. The lowest BCUT2D eigenvalue weighted by molar-refractivity contribution is 0.398. The summed E-state index contributed by atoms with van der Waals surface area (Å²) in [5, 5.41) is 3.36. The summed E-state index contributed by atoms with van der Waals surface area (Å²) in [5.41, 5.74) is 4.52. The largest absolute Gasteiger partial charge is 0.316 e. The van der Waals surface area contributed by atoms with E-state index in [1.807, 2.05) is 0 Å². The minimum Gasteiger partial charge on any atom is -0.316 e. The molecule has 3 rings (SSSR count). The van der Waals surface area contributed by atoms with Crippen molar-refractivity contribution in [1.29, 1.82) is 0 Å². The second-order valence-electron chi connectivity index (χ2n) is 6.53. The van der Waals surface area contributed by atoms with Crippen LogP contribution >= 0.6 is 0 Å². The molecule has 0 saturated heterocycles. The van der Waals surface area contributed by atoms with Crippen LogP contribution in [0.1, 0.15) is 62.0 Å². The Morgan fingerprint density at radius 2 is 1.75 bits per heavy atom. The van der Waals surface area contributed by atoms with Gasteiger partial charge in [-0.15, -0.1) is 0 Å². The Morgan fingerprint density at radius 3 is 2.35 bits per heavy atom. The molecule has 0 unspecified atom stereocenters. The molecule has 0 aromatic heterocycles. The highest BCUT2D eigenvalue weighted by Crippen LogP contribution is 2.40. The first-order valence-electron chi connectivity index (χ1n) is 8.32. The van der Waals surface area contributed by atoms with Crippen molar-refractivity contribution in [1.82, 2.24) is 5.32 Å². The van der Waals surface area contributed by atoms with Crippen molar-refractivity contribution < 1.29 is 0 Å². The molecule has 1 aromatic rings. The van der Waals surface area contributed by atoms with Crippen LogP contribution in [0.25, 0.3) is 6.08 Å². The number of nitrogens with one attached hydrogen (secondary N) is 1. The summed E-state index contributed by atoms with van der Waals surface area (Å²) in [4.78, 5) is 0.